The topological polar surface area (TPSA) is 76.2 Å². The molecule has 8 heteroatoms. The van der Waals surface area contributed by atoms with Crippen molar-refractivity contribution in [1.82, 2.24) is 34.5 Å². The zero-order valence-corrected chi connectivity index (χ0v) is 15.6. The number of fused-ring (bicyclic) bond motifs is 1. The quantitative estimate of drug-likeness (QED) is 0.567. The summed E-state index contributed by atoms with van der Waals surface area (Å²) < 4.78 is 3.59. The van der Waals surface area contributed by atoms with Gasteiger partial charge in [-0.2, -0.15) is 9.61 Å². The Morgan fingerprint density at radius 3 is 2.59 bits per heavy atom. The van der Waals surface area contributed by atoms with Crippen molar-refractivity contribution >= 4 is 11.5 Å². The van der Waals surface area contributed by atoms with Crippen molar-refractivity contribution in [3.63, 3.8) is 0 Å². The van der Waals surface area contributed by atoms with Crippen LogP contribution in [0.1, 0.15) is 11.6 Å². The normalized spacial score (nSPS) is 12.6. The summed E-state index contributed by atoms with van der Waals surface area (Å²) in [6.45, 7) is 0.708. The van der Waals surface area contributed by atoms with E-state index in [1.165, 1.54) is 0 Å². The summed E-state index contributed by atoms with van der Waals surface area (Å²) in [7, 11) is 6.04. The van der Waals surface area contributed by atoms with Gasteiger partial charge in [-0.1, -0.05) is 30.3 Å². The Bertz CT molecular complexity index is 1030. The summed E-state index contributed by atoms with van der Waals surface area (Å²) in [5.41, 5.74) is 2.86. The molecule has 1 N–H and O–H groups in total. The molecule has 0 radical (unpaired) electrons. The van der Waals surface area contributed by atoms with Crippen molar-refractivity contribution in [2.75, 3.05) is 26.0 Å². The first-order valence-corrected chi connectivity index (χ1v) is 8.78. The van der Waals surface area contributed by atoms with Crippen molar-refractivity contribution < 1.29 is 0 Å². The first-order valence-electron chi connectivity index (χ1n) is 8.78. The maximum Gasteiger partial charge on any atom is 0.185 e. The Morgan fingerprint density at radius 2 is 1.89 bits per heavy atom. The van der Waals surface area contributed by atoms with Gasteiger partial charge in [-0.25, -0.2) is 0 Å². The molecule has 0 aliphatic carbocycles. The van der Waals surface area contributed by atoms with Crippen LogP contribution in [-0.4, -0.2) is 55.1 Å². The maximum atomic E-state index is 4.68. The molecule has 0 aliphatic heterocycles. The van der Waals surface area contributed by atoms with E-state index < -0.39 is 0 Å². The van der Waals surface area contributed by atoms with E-state index in [1.807, 2.05) is 66.6 Å². The Morgan fingerprint density at radius 1 is 1.07 bits per heavy atom. The smallest absolute Gasteiger partial charge is 0.185 e. The van der Waals surface area contributed by atoms with Crippen molar-refractivity contribution in [3.05, 3.63) is 60.4 Å². The van der Waals surface area contributed by atoms with Crippen LogP contribution in [0.4, 0.5) is 5.82 Å². The lowest BCUT2D eigenvalue weighted by molar-refractivity contribution is 0.311. The van der Waals surface area contributed by atoms with Gasteiger partial charge in [0.25, 0.3) is 0 Å². The number of benzene rings is 1. The summed E-state index contributed by atoms with van der Waals surface area (Å²) in [6, 6.07) is 14.0. The highest BCUT2D eigenvalue weighted by Crippen LogP contribution is 2.20. The largest absolute Gasteiger partial charge is 0.367 e. The van der Waals surface area contributed by atoms with E-state index in [-0.39, 0.29) is 6.04 Å². The van der Waals surface area contributed by atoms with Crippen LogP contribution in [0.3, 0.4) is 0 Å². The number of aryl methyl sites for hydroxylation is 1. The summed E-state index contributed by atoms with van der Waals surface area (Å²) >= 11 is 0. The van der Waals surface area contributed by atoms with Gasteiger partial charge in [-0.3, -0.25) is 4.68 Å². The Kier molecular flexibility index (Phi) is 4.55. The molecular formula is C19H22N8. The van der Waals surface area contributed by atoms with Crippen LogP contribution in [0.15, 0.2) is 54.9 Å². The molecule has 0 saturated carbocycles. The van der Waals surface area contributed by atoms with E-state index in [9.17, 15) is 0 Å². The van der Waals surface area contributed by atoms with Gasteiger partial charge < -0.3 is 10.2 Å². The highest BCUT2D eigenvalue weighted by atomic mass is 15.4. The Hall–Kier alpha value is -3.26. The van der Waals surface area contributed by atoms with Gasteiger partial charge in [0, 0.05) is 30.9 Å². The zero-order valence-electron chi connectivity index (χ0n) is 15.6. The fraction of sp³-hybridized carbons (Fsp3) is 0.263. The Balaban J connectivity index is 1.59. The third-order valence-corrected chi connectivity index (χ3v) is 4.50. The molecule has 4 aromatic rings. The number of aromatic nitrogens is 6. The average molecular weight is 362 g/mol. The molecule has 138 valence electrons. The van der Waals surface area contributed by atoms with Gasteiger partial charge in [0.15, 0.2) is 11.5 Å². The number of anilines is 1. The van der Waals surface area contributed by atoms with E-state index in [1.54, 1.807) is 4.52 Å². The van der Waals surface area contributed by atoms with Gasteiger partial charge in [0.05, 0.1) is 12.2 Å². The molecule has 27 heavy (non-hydrogen) atoms. The lowest BCUT2D eigenvalue weighted by Gasteiger charge is -2.23. The van der Waals surface area contributed by atoms with Crippen molar-refractivity contribution in [2.45, 2.75) is 6.04 Å². The van der Waals surface area contributed by atoms with Crippen molar-refractivity contribution in [3.8, 4) is 11.4 Å². The van der Waals surface area contributed by atoms with Crippen LogP contribution in [0.25, 0.3) is 17.0 Å². The molecule has 0 fully saturated rings. The minimum Gasteiger partial charge on any atom is -0.367 e. The van der Waals surface area contributed by atoms with Gasteiger partial charge in [0.1, 0.15) is 5.82 Å². The van der Waals surface area contributed by atoms with E-state index in [2.05, 4.69) is 44.7 Å². The SMILES string of the molecule is CN(C)C(CNc1ccc2nnc(-c3ccccc3)n2n1)c1cnn(C)c1. The summed E-state index contributed by atoms with van der Waals surface area (Å²) in [4.78, 5) is 2.16. The van der Waals surface area contributed by atoms with E-state index in [0.717, 1.165) is 28.4 Å². The lowest BCUT2D eigenvalue weighted by Crippen LogP contribution is -2.27. The molecule has 3 heterocycles. The average Bonchev–Trinajstić information content (AvgIpc) is 3.28. The molecular weight excluding hydrogens is 340 g/mol. The molecule has 3 aromatic heterocycles. The minimum atomic E-state index is 0.186. The number of nitrogens with zero attached hydrogens (tertiary/aromatic N) is 7. The van der Waals surface area contributed by atoms with E-state index >= 15 is 0 Å². The summed E-state index contributed by atoms with van der Waals surface area (Å²) in [6.07, 6.45) is 3.94. The fourth-order valence-corrected chi connectivity index (χ4v) is 3.06. The van der Waals surface area contributed by atoms with Gasteiger partial charge in [0.2, 0.25) is 0 Å². The molecule has 0 saturated heterocycles. The highest BCUT2D eigenvalue weighted by Gasteiger charge is 2.16. The standard InChI is InChI=1S/C19H22N8/c1-25(2)16(15-11-21-26(3)13-15)12-20-17-9-10-18-22-23-19(27(18)24-17)14-7-5-4-6-8-14/h4-11,13,16H,12H2,1-3H3,(H,20,24). The van der Waals surface area contributed by atoms with Crippen LogP contribution in [0, 0.1) is 0 Å². The van der Waals surface area contributed by atoms with E-state index in [4.69, 9.17) is 0 Å². The summed E-state index contributed by atoms with van der Waals surface area (Å²) in [5.74, 6) is 1.50. The number of hydrogen-bond donors (Lipinski definition) is 1. The third-order valence-electron chi connectivity index (χ3n) is 4.50. The first kappa shape index (κ1) is 17.2. The number of nitrogens with one attached hydrogen (secondary N) is 1. The van der Waals surface area contributed by atoms with Crippen LogP contribution in [0.5, 0.6) is 0 Å². The zero-order chi connectivity index (χ0) is 18.8. The molecule has 8 nitrogen and oxygen atoms in total. The van der Waals surface area contributed by atoms with Gasteiger partial charge in [-0.05, 0) is 26.2 Å². The molecule has 1 aromatic carbocycles. The predicted octanol–water partition coefficient (Wildman–Crippen LogP) is 2.24. The van der Waals surface area contributed by atoms with Gasteiger partial charge in [-0.15, -0.1) is 15.3 Å². The van der Waals surface area contributed by atoms with Crippen LogP contribution < -0.4 is 5.32 Å². The molecule has 1 unspecified atom stereocenters. The Labute approximate surface area is 157 Å². The molecule has 4 rings (SSSR count). The molecule has 0 bridgehead atoms. The number of likely N-dealkylation sites (N-methyl/N-ethyl adjacent to an activating group) is 1. The maximum absolute atomic E-state index is 4.68. The van der Waals surface area contributed by atoms with Gasteiger partial charge >= 0.3 is 0 Å². The molecule has 0 aliphatic rings. The summed E-state index contributed by atoms with van der Waals surface area (Å²) in [5, 5.41) is 20.9. The number of hydrogen-bond acceptors (Lipinski definition) is 6. The minimum absolute atomic E-state index is 0.186. The van der Waals surface area contributed by atoms with Crippen molar-refractivity contribution in [2.24, 2.45) is 7.05 Å². The van der Waals surface area contributed by atoms with Crippen molar-refractivity contribution in [1.29, 1.82) is 0 Å². The van der Waals surface area contributed by atoms with Crippen LogP contribution in [-0.2, 0) is 7.05 Å². The van der Waals surface area contributed by atoms with Crippen LogP contribution in [0.2, 0.25) is 0 Å². The predicted molar refractivity (Wildman–Crippen MR) is 104 cm³/mol. The van der Waals surface area contributed by atoms with Crippen LogP contribution >= 0.6 is 0 Å². The number of rotatable bonds is 6. The monoisotopic (exact) mass is 362 g/mol. The van der Waals surface area contributed by atoms with E-state index in [0.29, 0.717) is 6.54 Å². The third kappa shape index (κ3) is 3.52. The fourth-order valence-electron chi connectivity index (χ4n) is 3.06. The second-order valence-electron chi connectivity index (χ2n) is 6.69. The molecule has 0 spiro atoms. The molecule has 0 amide bonds. The first-order chi connectivity index (χ1) is 13.1. The second-order valence-corrected chi connectivity index (χ2v) is 6.69. The highest BCUT2D eigenvalue weighted by molar-refractivity contribution is 5.59. The second kappa shape index (κ2) is 7.16. The molecule has 1 atom stereocenters. The lowest BCUT2D eigenvalue weighted by atomic mass is 10.1.